The first-order valence-electron chi connectivity index (χ1n) is 6.12. The molecule has 8 heteroatoms. The predicted molar refractivity (Wildman–Crippen MR) is 64.5 cm³/mol. The van der Waals surface area contributed by atoms with Crippen molar-refractivity contribution in [2.45, 2.75) is 38.3 Å². The van der Waals surface area contributed by atoms with E-state index in [9.17, 15) is 26.3 Å². The van der Waals surface area contributed by atoms with Crippen LogP contribution in [-0.4, -0.2) is 17.8 Å². The van der Waals surface area contributed by atoms with E-state index in [2.05, 4.69) is 5.32 Å². The van der Waals surface area contributed by atoms with Crippen LogP contribution in [0.4, 0.5) is 26.3 Å². The summed E-state index contributed by atoms with van der Waals surface area (Å²) >= 11 is 0. The lowest BCUT2D eigenvalue weighted by molar-refractivity contribution is -0.143. The minimum Gasteiger partial charge on any atom is -0.392 e. The Balaban J connectivity index is 3.19. The summed E-state index contributed by atoms with van der Waals surface area (Å²) in [4.78, 5) is 0. The second kappa shape index (κ2) is 6.23. The number of aliphatic hydroxyl groups excluding tert-OH is 1. The summed E-state index contributed by atoms with van der Waals surface area (Å²) in [6.07, 6.45) is -10.5. The zero-order valence-electron chi connectivity index (χ0n) is 11.3. The van der Waals surface area contributed by atoms with Crippen molar-refractivity contribution in [2.75, 3.05) is 6.54 Å². The van der Waals surface area contributed by atoms with Gasteiger partial charge in [-0.3, -0.25) is 0 Å². The zero-order chi connectivity index (χ0) is 16.4. The van der Waals surface area contributed by atoms with Gasteiger partial charge in [-0.15, -0.1) is 0 Å². The molecule has 0 aliphatic rings. The molecule has 0 spiro atoms. The Morgan fingerprint density at radius 2 is 1.38 bits per heavy atom. The fraction of sp³-hybridized carbons (Fsp3) is 0.538. The van der Waals surface area contributed by atoms with Crippen LogP contribution in [0.15, 0.2) is 18.2 Å². The van der Waals surface area contributed by atoms with Crippen molar-refractivity contribution in [1.82, 2.24) is 5.32 Å². The van der Waals surface area contributed by atoms with E-state index in [1.165, 1.54) is 13.8 Å². The molecule has 0 amide bonds. The van der Waals surface area contributed by atoms with Gasteiger partial charge in [-0.2, -0.15) is 26.3 Å². The summed E-state index contributed by atoms with van der Waals surface area (Å²) in [6.45, 7) is 2.93. The summed E-state index contributed by atoms with van der Waals surface area (Å²) in [6, 6.07) is 0.678. The Labute approximate surface area is 117 Å². The molecule has 2 unspecified atom stereocenters. The molecule has 0 fully saturated rings. The molecule has 120 valence electrons. The summed E-state index contributed by atoms with van der Waals surface area (Å²) in [7, 11) is 0. The molecule has 0 bridgehead atoms. The minimum absolute atomic E-state index is 0.0543. The number of halogens is 6. The van der Waals surface area contributed by atoms with Crippen molar-refractivity contribution in [3.05, 3.63) is 34.9 Å². The van der Waals surface area contributed by atoms with Crippen molar-refractivity contribution in [3.63, 3.8) is 0 Å². The fourth-order valence-electron chi connectivity index (χ4n) is 1.69. The number of benzene rings is 1. The Morgan fingerprint density at radius 1 is 0.952 bits per heavy atom. The monoisotopic (exact) mass is 315 g/mol. The third kappa shape index (κ3) is 5.20. The molecule has 0 aliphatic carbocycles. The van der Waals surface area contributed by atoms with Crippen molar-refractivity contribution < 1.29 is 31.4 Å². The molecule has 2 atom stereocenters. The van der Waals surface area contributed by atoms with E-state index in [0.29, 0.717) is 12.1 Å². The van der Waals surface area contributed by atoms with E-state index < -0.39 is 35.6 Å². The first-order chi connectivity index (χ1) is 9.41. The van der Waals surface area contributed by atoms with Crippen LogP contribution in [0.1, 0.15) is 36.6 Å². The molecule has 0 aromatic heterocycles. The first-order valence-corrected chi connectivity index (χ1v) is 6.12. The van der Waals surface area contributed by atoms with Crippen LogP contribution in [0.2, 0.25) is 0 Å². The summed E-state index contributed by atoms with van der Waals surface area (Å²) in [5.74, 6) is 0. The van der Waals surface area contributed by atoms with E-state index in [0.717, 1.165) is 0 Å². The maximum atomic E-state index is 12.7. The van der Waals surface area contributed by atoms with Crippen molar-refractivity contribution in [2.24, 2.45) is 0 Å². The second-order valence-electron chi connectivity index (χ2n) is 4.82. The molecule has 1 aromatic rings. The largest absolute Gasteiger partial charge is 0.416 e. The quantitative estimate of drug-likeness (QED) is 0.829. The lowest BCUT2D eigenvalue weighted by atomic mass is 10.0. The third-order valence-electron chi connectivity index (χ3n) is 2.83. The van der Waals surface area contributed by atoms with Crippen LogP contribution in [-0.2, 0) is 12.4 Å². The predicted octanol–water partition coefficient (Wildman–Crippen LogP) is 3.76. The molecule has 2 N–H and O–H groups in total. The van der Waals surface area contributed by atoms with E-state index >= 15 is 0 Å². The van der Waals surface area contributed by atoms with Crippen LogP contribution < -0.4 is 5.32 Å². The van der Waals surface area contributed by atoms with Crippen LogP contribution in [0, 0.1) is 0 Å². The number of hydrogen-bond acceptors (Lipinski definition) is 2. The van der Waals surface area contributed by atoms with Crippen molar-refractivity contribution in [3.8, 4) is 0 Å². The summed E-state index contributed by atoms with van der Waals surface area (Å²) in [5, 5.41) is 11.8. The average molecular weight is 315 g/mol. The molecular formula is C13H15F6NO. The van der Waals surface area contributed by atoms with Crippen LogP contribution in [0.25, 0.3) is 0 Å². The minimum atomic E-state index is -4.86. The highest BCUT2D eigenvalue weighted by atomic mass is 19.4. The van der Waals surface area contributed by atoms with Crippen LogP contribution in [0.5, 0.6) is 0 Å². The van der Waals surface area contributed by atoms with Gasteiger partial charge in [0.1, 0.15) is 0 Å². The van der Waals surface area contributed by atoms with Gasteiger partial charge in [-0.05, 0) is 37.6 Å². The third-order valence-corrected chi connectivity index (χ3v) is 2.83. The van der Waals surface area contributed by atoms with Gasteiger partial charge in [0.25, 0.3) is 0 Å². The molecule has 0 radical (unpaired) electrons. The Bertz CT molecular complexity index is 448. The van der Waals surface area contributed by atoms with Gasteiger partial charge in [-0.25, -0.2) is 0 Å². The van der Waals surface area contributed by atoms with Gasteiger partial charge in [-0.1, -0.05) is 0 Å². The number of alkyl halides is 6. The topological polar surface area (TPSA) is 32.3 Å². The number of rotatable bonds is 4. The number of hydrogen-bond donors (Lipinski definition) is 2. The van der Waals surface area contributed by atoms with Gasteiger partial charge in [0.15, 0.2) is 0 Å². The van der Waals surface area contributed by atoms with Gasteiger partial charge in [0.05, 0.1) is 17.2 Å². The molecule has 0 heterocycles. The van der Waals surface area contributed by atoms with E-state index in [4.69, 9.17) is 5.11 Å². The first kappa shape index (κ1) is 17.8. The van der Waals surface area contributed by atoms with Crippen LogP contribution >= 0.6 is 0 Å². The normalized spacial score (nSPS) is 15.9. The summed E-state index contributed by atoms with van der Waals surface area (Å²) in [5.41, 5.74) is -2.84. The number of aliphatic hydroxyl groups is 1. The van der Waals surface area contributed by atoms with Crippen molar-refractivity contribution >= 4 is 0 Å². The average Bonchev–Trinajstić information content (AvgIpc) is 2.33. The van der Waals surface area contributed by atoms with Crippen molar-refractivity contribution in [1.29, 1.82) is 0 Å². The molecular weight excluding hydrogens is 300 g/mol. The van der Waals surface area contributed by atoms with Gasteiger partial charge in [0, 0.05) is 12.6 Å². The fourth-order valence-corrected chi connectivity index (χ4v) is 1.69. The SMILES string of the molecule is CC(O)CNC(C)c1cc(C(F)(F)F)cc(C(F)(F)F)c1. The lowest BCUT2D eigenvalue weighted by Gasteiger charge is -2.19. The molecule has 2 nitrogen and oxygen atoms in total. The molecule has 1 aromatic carbocycles. The molecule has 21 heavy (non-hydrogen) atoms. The maximum Gasteiger partial charge on any atom is 0.416 e. The molecule has 0 saturated carbocycles. The second-order valence-corrected chi connectivity index (χ2v) is 4.82. The Hall–Kier alpha value is -1.28. The highest BCUT2D eigenvalue weighted by molar-refractivity contribution is 5.35. The summed E-state index contributed by atoms with van der Waals surface area (Å²) < 4.78 is 76.1. The Kier molecular flexibility index (Phi) is 5.27. The van der Waals surface area contributed by atoms with E-state index in [1.54, 1.807) is 0 Å². The smallest absolute Gasteiger partial charge is 0.392 e. The van der Waals surface area contributed by atoms with Gasteiger partial charge < -0.3 is 10.4 Å². The van der Waals surface area contributed by atoms with E-state index in [-0.39, 0.29) is 18.2 Å². The maximum absolute atomic E-state index is 12.7. The highest BCUT2D eigenvalue weighted by Gasteiger charge is 2.37. The molecule has 0 saturated heterocycles. The van der Waals surface area contributed by atoms with E-state index in [1.807, 2.05) is 0 Å². The molecule has 0 aliphatic heterocycles. The van der Waals surface area contributed by atoms with Gasteiger partial charge in [0.2, 0.25) is 0 Å². The molecule has 1 rings (SSSR count). The van der Waals surface area contributed by atoms with Crippen LogP contribution in [0.3, 0.4) is 0 Å². The standard InChI is InChI=1S/C13H15F6NO/c1-7(21)6-20-8(2)9-3-10(12(14,15)16)5-11(4-9)13(17,18)19/h3-5,7-8,20-21H,6H2,1-2H3. The van der Waals surface area contributed by atoms with Gasteiger partial charge >= 0.3 is 12.4 Å². The zero-order valence-corrected chi connectivity index (χ0v) is 11.3. The Morgan fingerprint density at radius 3 is 1.71 bits per heavy atom. The number of nitrogens with one attached hydrogen (secondary N) is 1. The lowest BCUT2D eigenvalue weighted by Crippen LogP contribution is -2.27. The highest BCUT2D eigenvalue weighted by Crippen LogP contribution is 2.37.